The highest BCUT2D eigenvalue weighted by atomic mass is 32.1. The van der Waals surface area contributed by atoms with E-state index in [1.807, 2.05) is 6.07 Å². The third-order valence-corrected chi connectivity index (χ3v) is 12.1. The minimum Gasteiger partial charge on any atom is -0.208 e. The fraction of sp³-hybridized carbons (Fsp3) is 0. The van der Waals surface area contributed by atoms with Gasteiger partial charge in [-0.25, -0.2) is 15.0 Å². The summed E-state index contributed by atoms with van der Waals surface area (Å²) in [7, 11) is 0. The van der Waals surface area contributed by atoms with E-state index in [0.29, 0.717) is 17.5 Å². The Morgan fingerprint density at radius 3 is 1.51 bits per heavy atom. The van der Waals surface area contributed by atoms with E-state index in [-0.39, 0.29) is 0 Å². The summed E-state index contributed by atoms with van der Waals surface area (Å²) in [6.45, 7) is 0. The average Bonchev–Trinajstić information content (AvgIpc) is 3.73. The Bertz CT molecular complexity index is 3280. The van der Waals surface area contributed by atoms with Crippen LogP contribution in [-0.4, -0.2) is 15.0 Å². The van der Waals surface area contributed by atoms with Crippen molar-refractivity contribution in [1.82, 2.24) is 15.0 Å². The second kappa shape index (κ2) is 13.8. The molecule has 0 unspecified atom stereocenters. The summed E-state index contributed by atoms with van der Waals surface area (Å²) in [5.41, 5.74) is 8.38. The second-order valence-electron chi connectivity index (χ2n) is 14.3. The summed E-state index contributed by atoms with van der Waals surface area (Å²) in [6, 6.07) is 71.0. The van der Waals surface area contributed by atoms with Crippen LogP contribution in [0.15, 0.2) is 200 Å². The standard InChI is InChI=1S/C53H33N3S/c1-2-16-34(17-3-1)38-21-9-12-26-44(38)51-54-52(45-27-13-10-24-41(45)49-33-37-20-6-15-29-48(37)57-49)56-53(55-51)46-28-14-11-25-42(46)50-40-23-8-5-19-36(40)32-47-39-22-7-4-18-35(39)30-31-43(47)50/h1-33H. The molecule has 0 aliphatic carbocycles. The Labute approximate surface area is 334 Å². The molecule has 0 fully saturated rings. The van der Waals surface area contributed by atoms with Crippen molar-refractivity contribution in [2.45, 2.75) is 0 Å². The smallest absolute Gasteiger partial charge is 0.164 e. The van der Waals surface area contributed by atoms with Gasteiger partial charge >= 0.3 is 0 Å². The molecule has 0 radical (unpaired) electrons. The highest BCUT2D eigenvalue weighted by Crippen LogP contribution is 2.44. The van der Waals surface area contributed by atoms with Crippen molar-refractivity contribution in [3.8, 4) is 66.9 Å². The van der Waals surface area contributed by atoms with E-state index >= 15 is 0 Å². The first kappa shape index (κ1) is 33.1. The normalized spacial score (nSPS) is 11.5. The Morgan fingerprint density at radius 1 is 0.298 bits per heavy atom. The summed E-state index contributed by atoms with van der Waals surface area (Å²) < 4.78 is 1.25. The molecule has 0 amide bonds. The van der Waals surface area contributed by atoms with Gasteiger partial charge in [0.2, 0.25) is 0 Å². The molecule has 2 heterocycles. The molecule has 0 saturated carbocycles. The maximum atomic E-state index is 5.42. The van der Waals surface area contributed by atoms with Crippen molar-refractivity contribution < 1.29 is 0 Å². The van der Waals surface area contributed by atoms with Gasteiger partial charge in [0, 0.05) is 31.8 Å². The minimum absolute atomic E-state index is 0.626. The van der Waals surface area contributed by atoms with Crippen LogP contribution < -0.4 is 0 Å². The molecule has 4 heteroatoms. The van der Waals surface area contributed by atoms with Gasteiger partial charge in [-0.3, -0.25) is 0 Å². The van der Waals surface area contributed by atoms with Crippen LogP contribution in [0, 0.1) is 0 Å². The molecule has 3 nitrogen and oxygen atoms in total. The van der Waals surface area contributed by atoms with Crippen molar-refractivity contribution in [3.63, 3.8) is 0 Å². The van der Waals surface area contributed by atoms with Crippen molar-refractivity contribution in [2.75, 3.05) is 0 Å². The molecule has 11 rings (SSSR count). The lowest BCUT2D eigenvalue weighted by atomic mass is 9.88. The van der Waals surface area contributed by atoms with E-state index in [2.05, 4.69) is 194 Å². The topological polar surface area (TPSA) is 38.7 Å². The average molecular weight is 744 g/mol. The maximum Gasteiger partial charge on any atom is 0.164 e. The number of hydrogen-bond donors (Lipinski definition) is 0. The summed E-state index contributed by atoms with van der Waals surface area (Å²) in [5.74, 6) is 1.89. The van der Waals surface area contributed by atoms with E-state index < -0.39 is 0 Å². The third-order valence-electron chi connectivity index (χ3n) is 11.0. The van der Waals surface area contributed by atoms with E-state index in [1.165, 1.54) is 52.8 Å². The van der Waals surface area contributed by atoms with Gasteiger partial charge in [0.25, 0.3) is 0 Å². The molecule has 0 N–H and O–H groups in total. The molecule has 9 aromatic carbocycles. The summed E-state index contributed by atoms with van der Waals surface area (Å²) >= 11 is 1.79. The molecule has 266 valence electrons. The van der Waals surface area contributed by atoms with E-state index in [4.69, 9.17) is 15.0 Å². The Hall–Kier alpha value is -7.27. The van der Waals surface area contributed by atoms with Gasteiger partial charge in [-0.1, -0.05) is 182 Å². The molecule has 11 aromatic rings. The highest BCUT2D eigenvalue weighted by molar-refractivity contribution is 7.22. The van der Waals surface area contributed by atoms with Crippen LogP contribution in [0.3, 0.4) is 0 Å². The molecule has 0 aliphatic rings. The van der Waals surface area contributed by atoms with Crippen LogP contribution in [0.2, 0.25) is 0 Å². The lowest BCUT2D eigenvalue weighted by Crippen LogP contribution is -2.02. The van der Waals surface area contributed by atoms with Gasteiger partial charge in [-0.2, -0.15) is 0 Å². The first-order valence-corrected chi connectivity index (χ1v) is 20.0. The summed E-state index contributed by atoms with van der Waals surface area (Å²) in [4.78, 5) is 17.3. The SMILES string of the molecule is c1ccc(-c2ccccc2-c2nc(-c3ccccc3-c3cc4ccccc4s3)nc(-c3ccccc3-c3c4ccccc4cc4c3ccc3ccccc34)n2)cc1. The van der Waals surface area contributed by atoms with Gasteiger partial charge in [0.05, 0.1) is 0 Å². The minimum atomic E-state index is 0.626. The van der Waals surface area contributed by atoms with E-state index in [0.717, 1.165) is 38.9 Å². The van der Waals surface area contributed by atoms with Crippen LogP contribution in [0.1, 0.15) is 0 Å². The molecule has 2 aromatic heterocycles. The quantitative estimate of drug-likeness (QED) is 0.126. The molecular weight excluding hydrogens is 711 g/mol. The first-order chi connectivity index (χ1) is 28.3. The molecule has 0 atom stereocenters. The Kier molecular flexibility index (Phi) is 8.01. The van der Waals surface area contributed by atoms with Crippen molar-refractivity contribution >= 4 is 53.7 Å². The van der Waals surface area contributed by atoms with Crippen LogP contribution >= 0.6 is 11.3 Å². The zero-order chi connectivity index (χ0) is 37.7. The Morgan fingerprint density at radius 2 is 0.807 bits per heavy atom. The molecular formula is C53H33N3S. The van der Waals surface area contributed by atoms with Crippen LogP contribution in [-0.2, 0) is 0 Å². The van der Waals surface area contributed by atoms with Gasteiger partial charge in [0.15, 0.2) is 17.5 Å². The predicted molar refractivity (Wildman–Crippen MR) is 240 cm³/mol. The van der Waals surface area contributed by atoms with Gasteiger partial charge < -0.3 is 0 Å². The van der Waals surface area contributed by atoms with Gasteiger partial charge in [-0.05, 0) is 78.2 Å². The fourth-order valence-electron chi connectivity index (χ4n) is 8.30. The highest BCUT2D eigenvalue weighted by Gasteiger charge is 2.22. The van der Waals surface area contributed by atoms with Crippen LogP contribution in [0.25, 0.3) is 109 Å². The van der Waals surface area contributed by atoms with Gasteiger partial charge in [0.1, 0.15) is 0 Å². The molecule has 0 saturated heterocycles. The van der Waals surface area contributed by atoms with Gasteiger partial charge in [-0.15, -0.1) is 11.3 Å². The summed E-state index contributed by atoms with van der Waals surface area (Å²) in [6.07, 6.45) is 0. The fourth-order valence-corrected chi connectivity index (χ4v) is 9.40. The van der Waals surface area contributed by atoms with Crippen molar-refractivity contribution in [1.29, 1.82) is 0 Å². The predicted octanol–water partition coefficient (Wildman–Crippen LogP) is 14.5. The van der Waals surface area contributed by atoms with Crippen molar-refractivity contribution in [3.05, 3.63) is 200 Å². The molecule has 57 heavy (non-hydrogen) atoms. The first-order valence-electron chi connectivity index (χ1n) is 19.2. The lowest BCUT2D eigenvalue weighted by Gasteiger charge is -2.18. The van der Waals surface area contributed by atoms with E-state index in [1.54, 1.807) is 11.3 Å². The zero-order valence-corrected chi connectivity index (χ0v) is 31.6. The van der Waals surface area contributed by atoms with Crippen LogP contribution in [0.5, 0.6) is 0 Å². The number of fused-ring (bicyclic) bond motifs is 5. The third kappa shape index (κ3) is 5.78. The monoisotopic (exact) mass is 743 g/mol. The van der Waals surface area contributed by atoms with E-state index in [9.17, 15) is 0 Å². The second-order valence-corrected chi connectivity index (χ2v) is 15.4. The lowest BCUT2D eigenvalue weighted by molar-refractivity contribution is 1.08. The number of thiophene rings is 1. The zero-order valence-electron chi connectivity index (χ0n) is 30.8. The molecule has 0 spiro atoms. The number of benzene rings is 9. The summed E-state index contributed by atoms with van der Waals surface area (Å²) in [5, 5.41) is 8.48. The number of nitrogens with zero attached hydrogens (tertiary/aromatic N) is 3. The molecule has 0 aliphatic heterocycles. The number of hydrogen-bond acceptors (Lipinski definition) is 4. The number of aromatic nitrogens is 3. The molecule has 0 bridgehead atoms. The number of rotatable bonds is 6. The maximum absolute atomic E-state index is 5.42. The Balaban J connectivity index is 1.20. The van der Waals surface area contributed by atoms with Crippen LogP contribution in [0.4, 0.5) is 0 Å². The van der Waals surface area contributed by atoms with Crippen molar-refractivity contribution in [2.24, 2.45) is 0 Å². The largest absolute Gasteiger partial charge is 0.208 e.